The third-order valence-corrected chi connectivity index (χ3v) is 2.12. The Morgan fingerprint density at radius 1 is 1.47 bits per heavy atom. The van der Waals surface area contributed by atoms with E-state index in [9.17, 15) is 4.79 Å². The largest absolute Gasteiger partial charge is 0.394 e. The highest BCUT2D eigenvalue weighted by atomic mass is 16.5. The van der Waals surface area contributed by atoms with Crippen molar-refractivity contribution in [2.45, 2.75) is 13.3 Å². The summed E-state index contributed by atoms with van der Waals surface area (Å²) >= 11 is 0. The van der Waals surface area contributed by atoms with Crippen molar-refractivity contribution in [2.24, 2.45) is 0 Å². The van der Waals surface area contributed by atoms with Gasteiger partial charge in [-0.05, 0) is 25.0 Å². The molecule has 1 aromatic rings. The number of amides is 1. The highest BCUT2D eigenvalue weighted by Gasteiger charge is 2.04. The number of nitrogens with zero attached hydrogens (tertiary/aromatic N) is 1. The number of nitrogens with one attached hydrogen (secondary N) is 1. The molecule has 1 aromatic heterocycles. The van der Waals surface area contributed by atoms with Crippen LogP contribution in [0.3, 0.4) is 0 Å². The molecule has 0 radical (unpaired) electrons. The molecule has 5 heteroatoms. The fourth-order valence-corrected chi connectivity index (χ4v) is 1.32. The zero-order valence-corrected chi connectivity index (χ0v) is 9.98. The van der Waals surface area contributed by atoms with E-state index in [2.05, 4.69) is 10.3 Å². The van der Waals surface area contributed by atoms with Gasteiger partial charge in [0.1, 0.15) is 0 Å². The monoisotopic (exact) mass is 238 g/mol. The van der Waals surface area contributed by atoms with Gasteiger partial charge in [0, 0.05) is 25.5 Å². The van der Waals surface area contributed by atoms with E-state index in [1.807, 2.05) is 6.92 Å². The lowest BCUT2D eigenvalue weighted by molar-refractivity contribution is 0.0867. The van der Waals surface area contributed by atoms with Gasteiger partial charge in [-0.2, -0.15) is 0 Å². The number of aliphatic hydroxyl groups excluding tert-OH is 1. The first-order valence-electron chi connectivity index (χ1n) is 5.62. The number of ether oxygens (including phenoxy) is 1. The summed E-state index contributed by atoms with van der Waals surface area (Å²) in [6.45, 7) is 3.36. The smallest absolute Gasteiger partial charge is 0.252 e. The van der Waals surface area contributed by atoms with Gasteiger partial charge in [-0.1, -0.05) is 0 Å². The number of carbonyl (C=O) groups excluding carboxylic acids is 1. The van der Waals surface area contributed by atoms with Crippen molar-refractivity contribution in [3.8, 4) is 0 Å². The molecule has 0 aliphatic heterocycles. The fraction of sp³-hybridized carbons (Fsp3) is 0.500. The summed E-state index contributed by atoms with van der Waals surface area (Å²) in [5.74, 6) is -0.122. The molecule has 0 saturated heterocycles. The average molecular weight is 238 g/mol. The number of hydrogen-bond acceptors (Lipinski definition) is 4. The molecule has 0 aliphatic rings. The van der Waals surface area contributed by atoms with E-state index in [0.29, 0.717) is 25.3 Å². The number of hydrogen-bond donors (Lipinski definition) is 2. The summed E-state index contributed by atoms with van der Waals surface area (Å²) in [7, 11) is 0. The lowest BCUT2D eigenvalue weighted by Crippen LogP contribution is -2.25. The van der Waals surface area contributed by atoms with Crippen LogP contribution in [0.25, 0.3) is 0 Å². The van der Waals surface area contributed by atoms with E-state index in [1.54, 1.807) is 18.5 Å². The van der Waals surface area contributed by atoms with E-state index >= 15 is 0 Å². The predicted molar refractivity (Wildman–Crippen MR) is 63.8 cm³/mol. The third-order valence-electron chi connectivity index (χ3n) is 2.12. The van der Waals surface area contributed by atoms with E-state index < -0.39 is 0 Å². The van der Waals surface area contributed by atoms with Crippen LogP contribution in [0.1, 0.15) is 22.3 Å². The Labute approximate surface area is 101 Å². The fourth-order valence-electron chi connectivity index (χ4n) is 1.32. The molecule has 94 valence electrons. The summed E-state index contributed by atoms with van der Waals surface area (Å²) in [5, 5.41) is 11.3. The Bertz CT molecular complexity index is 355. The minimum Gasteiger partial charge on any atom is -0.394 e. The van der Waals surface area contributed by atoms with Gasteiger partial charge in [-0.25, -0.2) is 0 Å². The van der Waals surface area contributed by atoms with Crippen LogP contribution in [0.2, 0.25) is 0 Å². The van der Waals surface area contributed by atoms with Crippen LogP contribution in [-0.2, 0) is 4.74 Å². The topological polar surface area (TPSA) is 71.5 Å². The molecule has 2 N–H and O–H groups in total. The zero-order valence-electron chi connectivity index (χ0n) is 9.98. The first-order chi connectivity index (χ1) is 8.24. The number of carbonyl (C=O) groups is 1. The molecule has 0 aromatic carbocycles. The second-order valence-electron chi connectivity index (χ2n) is 3.70. The molecule has 0 atom stereocenters. The number of aromatic nitrogens is 1. The predicted octanol–water partition coefficient (Wildman–Crippen LogP) is 0.519. The maximum atomic E-state index is 11.7. The van der Waals surface area contributed by atoms with Crippen molar-refractivity contribution in [1.29, 1.82) is 0 Å². The number of pyridine rings is 1. The Morgan fingerprint density at radius 2 is 2.29 bits per heavy atom. The van der Waals surface area contributed by atoms with Crippen molar-refractivity contribution in [2.75, 3.05) is 26.4 Å². The van der Waals surface area contributed by atoms with Gasteiger partial charge in [-0.15, -0.1) is 0 Å². The van der Waals surface area contributed by atoms with Crippen molar-refractivity contribution < 1.29 is 14.6 Å². The second kappa shape index (κ2) is 7.76. The maximum Gasteiger partial charge on any atom is 0.252 e. The van der Waals surface area contributed by atoms with Crippen LogP contribution < -0.4 is 5.32 Å². The normalized spacial score (nSPS) is 10.2. The van der Waals surface area contributed by atoms with Crippen LogP contribution in [-0.4, -0.2) is 42.4 Å². The van der Waals surface area contributed by atoms with Gasteiger partial charge in [0.05, 0.1) is 18.8 Å². The van der Waals surface area contributed by atoms with Gasteiger partial charge in [-0.3, -0.25) is 9.78 Å². The van der Waals surface area contributed by atoms with E-state index in [-0.39, 0.29) is 12.5 Å². The molecule has 17 heavy (non-hydrogen) atoms. The van der Waals surface area contributed by atoms with E-state index in [0.717, 1.165) is 12.0 Å². The van der Waals surface area contributed by atoms with Crippen LogP contribution in [0.15, 0.2) is 18.5 Å². The lowest BCUT2D eigenvalue weighted by atomic mass is 10.2. The molecule has 0 fully saturated rings. The van der Waals surface area contributed by atoms with Crippen LogP contribution >= 0.6 is 0 Å². The lowest BCUT2D eigenvalue weighted by Gasteiger charge is -2.05. The Balaban J connectivity index is 2.21. The summed E-state index contributed by atoms with van der Waals surface area (Å²) in [4.78, 5) is 15.6. The molecule has 0 unspecified atom stereocenters. The molecule has 1 amide bonds. The first kappa shape index (κ1) is 13.6. The molecular weight excluding hydrogens is 220 g/mol. The number of aryl methyl sites for hydroxylation is 1. The van der Waals surface area contributed by atoms with Gasteiger partial charge in [0.2, 0.25) is 0 Å². The van der Waals surface area contributed by atoms with E-state index in [4.69, 9.17) is 9.84 Å². The van der Waals surface area contributed by atoms with Gasteiger partial charge in [0.15, 0.2) is 0 Å². The second-order valence-corrected chi connectivity index (χ2v) is 3.70. The van der Waals surface area contributed by atoms with Crippen molar-refractivity contribution in [3.63, 3.8) is 0 Å². The molecule has 1 rings (SSSR count). The van der Waals surface area contributed by atoms with Crippen LogP contribution in [0, 0.1) is 6.92 Å². The molecule has 0 spiro atoms. The zero-order chi connectivity index (χ0) is 12.5. The van der Waals surface area contributed by atoms with E-state index in [1.165, 1.54) is 0 Å². The van der Waals surface area contributed by atoms with Crippen LogP contribution in [0.5, 0.6) is 0 Å². The first-order valence-corrected chi connectivity index (χ1v) is 5.62. The molecule has 0 saturated carbocycles. The Morgan fingerprint density at radius 3 is 3.00 bits per heavy atom. The highest BCUT2D eigenvalue weighted by Crippen LogP contribution is 2.00. The third kappa shape index (κ3) is 5.42. The van der Waals surface area contributed by atoms with Crippen LogP contribution in [0.4, 0.5) is 0 Å². The average Bonchev–Trinajstić information content (AvgIpc) is 2.33. The Kier molecular flexibility index (Phi) is 6.21. The SMILES string of the molecule is Cc1cncc(C(=O)NCCCOCCO)c1. The summed E-state index contributed by atoms with van der Waals surface area (Å²) < 4.78 is 5.08. The molecule has 0 aliphatic carbocycles. The van der Waals surface area contributed by atoms with Gasteiger partial charge in [0.25, 0.3) is 5.91 Å². The summed E-state index contributed by atoms with van der Waals surface area (Å²) in [6.07, 6.45) is 3.98. The minimum absolute atomic E-state index is 0.0291. The number of rotatable bonds is 7. The molecule has 5 nitrogen and oxygen atoms in total. The number of aliphatic hydroxyl groups is 1. The standard InChI is InChI=1S/C12H18N2O3/c1-10-7-11(9-13-8-10)12(16)14-3-2-5-17-6-4-15/h7-9,15H,2-6H2,1H3,(H,14,16). The molecule has 1 heterocycles. The quantitative estimate of drug-likeness (QED) is 0.679. The molecule has 0 bridgehead atoms. The molecular formula is C12H18N2O3. The Hall–Kier alpha value is -1.46. The summed E-state index contributed by atoms with van der Waals surface area (Å²) in [6, 6.07) is 1.80. The highest BCUT2D eigenvalue weighted by molar-refractivity contribution is 5.93. The van der Waals surface area contributed by atoms with Crippen molar-refractivity contribution in [3.05, 3.63) is 29.6 Å². The maximum absolute atomic E-state index is 11.7. The van der Waals surface area contributed by atoms with Crippen molar-refractivity contribution in [1.82, 2.24) is 10.3 Å². The van der Waals surface area contributed by atoms with Gasteiger partial charge >= 0.3 is 0 Å². The van der Waals surface area contributed by atoms with Crippen molar-refractivity contribution >= 4 is 5.91 Å². The van der Waals surface area contributed by atoms with Gasteiger partial charge < -0.3 is 15.2 Å². The minimum atomic E-state index is -0.122. The summed E-state index contributed by atoms with van der Waals surface area (Å²) in [5.41, 5.74) is 1.53.